The highest BCUT2D eigenvalue weighted by atomic mass is 16.5. The minimum atomic E-state index is -0.190. The molecular formula is C10H19N3O3. The van der Waals surface area contributed by atoms with E-state index in [-0.39, 0.29) is 17.8 Å². The van der Waals surface area contributed by atoms with Crippen molar-refractivity contribution in [3.8, 4) is 0 Å². The Morgan fingerprint density at radius 1 is 1.56 bits per heavy atom. The molecule has 1 amide bonds. The van der Waals surface area contributed by atoms with Crippen LogP contribution in [0.15, 0.2) is 0 Å². The van der Waals surface area contributed by atoms with Crippen LogP contribution in [0.3, 0.4) is 0 Å². The number of carbonyl (C=O) groups is 2. The van der Waals surface area contributed by atoms with Crippen molar-refractivity contribution in [3.05, 3.63) is 0 Å². The SMILES string of the molecule is COC(=O)C1CCN(CC(=O)NCCN)C1. The van der Waals surface area contributed by atoms with Crippen LogP contribution in [-0.4, -0.2) is 56.6 Å². The van der Waals surface area contributed by atoms with E-state index in [0.29, 0.717) is 26.2 Å². The number of amides is 1. The van der Waals surface area contributed by atoms with E-state index in [9.17, 15) is 9.59 Å². The van der Waals surface area contributed by atoms with E-state index < -0.39 is 0 Å². The number of ether oxygens (including phenoxy) is 1. The highest BCUT2D eigenvalue weighted by Crippen LogP contribution is 2.16. The Bertz CT molecular complexity index is 258. The first-order valence-corrected chi connectivity index (χ1v) is 5.44. The molecule has 1 unspecified atom stereocenters. The normalized spacial score (nSPS) is 20.8. The molecule has 0 aromatic carbocycles. The molecule has 0 aliphatic carbocycles. The molecule has 92 valence electrons. The number of nitrogens with two attached hydrogens (primary N) is 1. The predicted octanol–water partition coefficient (Wildman–Crippen LogP) is -1.44. The molecule has 0 spiro atoms. The fraction of sp³-hybridized carbons (Fsp3) is 0.800. The average molecular weight is 229 g/mol. The first-order valence-electron chi connectivity index (χ1n) is 5.44. The lowest BCUT2D eigenvalue weighted by atomic mass is 10.1. The molecule has 1 aliphatic heterocycles. The Morgan fingerprint density at radius 2 is 2.31 bits per heavy atom. The Hall–Kier alpha value is -1.14. The average Bonchev–Trinajstić information content (AvgIpc) is 2.73. The molecule has 1 aliphatic rings. The third-order valence-electron chi connectivity index (χ3n) is 2.64. The first kappa shape index (κ1) is 12.9. The van der Waals surface area contributed by atoms with E-state index in [1.165, 1.54) is 7.11 Å². The monoisotopic (exact) mass is 229 g/mol. The molecule has 16 heavy (non-hydrogen) atoms. The van der Waals surface area contributed by atoms with Gasteiger partial charge in [-0.1, -0.05) is 0 Å². The van der Waals surface area contributed by atoms with Crippen LogP contribution in [-0.2, 0) is 14.3 Å². The predicted molar refractivity (Wildman–Crippen MR) is 58.6 cm³/mol. The van der Waals surface area contributed by atoms with E-state index in [4.69, 9.17) is 5.73 Å². The second-order valence-corrected chi connectivity index (χ2v) is 3.88. The maximum absolute atomic E-state index is 11.4. The lowest BCUT2D eigenvalue weighted by Gasteiger charge is -2.14. The van der Waals surface area contributed by atoms with E-state index in [2.05, 4.69) is 10.1 Å². The topological polar surface area (TPSA) is 84.7 Å². The molecule has 1 fully saturated rings. The summed E-state index contributed by atoms with van der Waals surface area (Å²) >= 11 is 0. The van der Waals surface area contributed by atoms with Crippen LogP contribution in [0.2, 0.25) is 0 Å². The highest BCUT2D eigenvalue weighted by Gasteiger charge is 2.29. The Morgan fingerprint density at radius 3 is 2.94 bits per heavy atom. The Labute approximate surface area is 95.1 Å². The highest BCUT2D eigenvalue weighted by molar-refractivity contribution is 5.78. The zero-order valence-corrected chi connectivity index (χ0v) is 9.57. The van der Waals surface area contributed by atoms with Crippen LogP contribution < -0.4 is 11.1 Å². The van der Waals surface area contributed by atoms with E-state index in [1.54, 1.807) is 0 Å². The molecule has 1 heterocycles. The quantitative estimate of drug-likeness (QED) is 0.564. The summed E-state index contributed by atoms with van der Waals surface area (Å²) in [5.41, 5.74) is 5.28. The van der Waals surface area contributed by atoms with Crippen molar-refractivity contribution in [1.29, 1.82) is 0 Å². The van der Waals surface area contributed by atoms with E-state index >= 15 is 0 Å². The Kier molecular flexibility index (Phi) is 5.21. The van der Waals surface area contributed by atoms with E-state index in [0.717, 1.165) is 13.0 Å². The van der Waals surface area contributed by atoms with Crippen molar-refractivity contribution in [2.45, 2.75) is 6.42 Å². The van der Waals surface area contributed by atoms with Gasteiger partial charge in [0.05, 0.1) is 19.6 Å². The summed E-state index contributed by atoms with van der Waals surface area (Å²) < 4.78 is 4.67. The van der Waals surface area contributed by atoms with Gasteiger partial charge in [-0.3, -0.25) is 14.5 Å². The van der Waals surface area contributed by atoms with Crippen LogP contribution in [0.5, 0.6) is 0 Å². The largest absolute Gasteiger partial charge is 0.469 e. The third-order valence-corrected chi connectivity index (χ3v) is 2.64. The van der Waals surface area contributed by atoms with Crippen molar-refractivity contribution in [3.63, 3.8) is 0 Å². The summed E-state index contributed by atoms with van der Waals surface area (Å²) in [6.45, 7) is 2.62. The van der Waals surface area contributed by atoms with Crippen molar-refractivity contribution >= 4 is 11.9 Å². The van der Waals surface area contributed by atoms with Crippen molar-refractivity contribution in [2.75, 3.05) is 39.8 Å². The lowest BCUT2D eigenvalue weighted by molar-refractivity contribution is -0.145. The van der Waals surface area contributed by atoms with Gasteiger partial charge in [-0.25, -0.2) is 0 Å². The summed E-state index contributed by atoms with van der Waals surface area (Å²) in [4.78, 5) is 24.6. The fourth-order valence-corrected chi connectivity index (χ4v) is 1.81. The summed E-state index contributed by atoms with van der Waals surface area (Å²) in [5, 5.41) is 2.70. The minimum Gasteiger partial charge on any atom is -0.469 e. The van der Waals surface area contributed by atoms with Gasteiger partial charge < -0.3 is 15.8 Å². The van der Waals surface area contributed by atoms with Gasteiger partial charge in [-0.05, 0) is 13.0 Å². The van der Waals surface area contributed by atoms with Gasteiger partial charge in [0, 0.05) is 19.6 Å². The molecule has 0 saturated carbocycles. The third kappa shape index (κ3) is 3.79. The van der Waals surface area contributed by atoms with Gasteiger partial charge in [0.15, 0.2) is 0 Å². The van der Waals surface area contributed by atoms with Gasteiger partial charge in [-0.2, -0.15) is 0 Å². The number of methoxy groups -OCH3 is 1. The fourth-order valence-electron chi connectivity index (χ4n) is 1.81. The number of hydrogen-bond acceptors (Lipinski definition) is 5. The van der Waals surface area contributed by atoms with Crippen molar-refractivity contribution < 1.29 is 14.3 Å². The zero-order valence-electron chi connectivity index (χ0n) is 9.57. The summed E-state index contributed by atoms with van der Waals surface area (Å²) in [5.74, 6) is -0.326. The summed E-state index contributed by atoms with van der Waals surface area (Å²) in [6, 6.07) is 0. The van der Waals surface area contributed by atoms with Crippen LogP contribution in [0.1, 0.15) is 6.42 Å². The number of nitrogens with one attached hydrogen (secondary N) is 1. The smallest absolute Gasteiger partial charge is 0.310 e. The van der Waals surface area contributed by atoms with Gasteiger partial charge in [-0.15, -0.1) is 0 Å². The summed E-state index contributed by atoms with van der Waals surface area (Å²) in [6.07, 6.45) is 0.761. The molecule has 6 heteroatoms. The van der Waals surface area contributed by atoms with Crippen LogP contribution in [0.25, 0.3) is 0 Å². The molecule has 0 bridgehead atoms. The van der Waals surface area contributed by atoms with Gasteiger partial charge >= 0.3 is 5.97 Å². The Balaban J connectivity index is 2.25. The second kappa shape index (κ2) is 6.44. The van der Waals surface area contributed by atoms with Gasteiger partial charge in [0.1, 0.15) is 0 Å². The number of hydrogen-bond donors (Lipinski definition) is 2. The number of nitrogens with zero attached hydrogens (tertiary/aromatic N) is 1. The first-order chi connectivity index (χ1) is 7.67. The van der Waals surface area contributed by atoms with Crippen LogP contribution in [0, 0.1) is 5.92 Å². The van der Waals surface area contributed by atoms with E-state index in [1.807, 2.05) is 4.90 Å². The van der Waals surface area contributed by atoms with Gasteiger partial charge in [0.2, 0.25) is 5.91 Å². The molecular weight excluding hydrogens is 210 g/mol. The van der Waals surface area contributed by atoms with Crippen LogP contribution in [0.4, 0.5) is 0 Å². The molecule has 1 atom stereocenters. The molecule has 6 nitrogen and oxygen atoms in total. The molecule has 1 rings (SSSR count). The number of rotatable bonds is 5. The molecule has 1 saturated heterocycles. The zero-order chi connectivity index (χ0) is 12.0. The molecule has 0 aromatic rings. The maximum atomic E-state index is 11.4. The van der Waals surface area contributed by atoms with Crippen molar-refractivity contribution in [1.82, 2.24) is 10.2 Å². The lowest BCUT2D eigenvalue weighted by Crippen LogP contribution is -2.38. The maximum Gasteiger partial charge on any atom is 0.310 e. The molecule has 0 radical (unpaired) electrons. The number of esters is 1. The standard InChI is InChI=1S/C10H19N3O3/c1-16-10(15)8-2-5-13(6-8)7-9(14)12-4-3-11/h8H,2-7,11H2,1H3,(H,12,14). The number of carbonyl (C=O) groups excluding carboxylic acids is 2. The number of likely N-dealkylation sites (tertiary alicyclic amines) is 1. The minimum absolute atomic E-state index is 0.0454. The molecule has 3 N–H and O–H groups in total. The van der Waals surface area contributed by atoms with Gasteiger partial charge in [0.25, 0.3) is 0 Å². The summed E-state index contributed by atoms with van der Waals surface area (Å²) in [7, 11) is 1.39. The second-order valence-electron chi connectivity index (χ2n) is 3.88. The molecule has 0 aromatic heterocycles. The van der Waals surface area contributed by atoms with Crippen LogP contribution >= 0.6 is 0 Å². The van der Waals surface area contributed by atoms with Crippen molar-refractivity contribution in [2.24, 2.45) is 11.7 Å².